The molecule has 2 heteroatoms. The Bertz CT molecular complexity index is 314. The predicted molar refractivity (Wildman–Crippen MR) is 52.5 cm³/mol. The zero-order valence-electron chi connectivity index (χ0n) is 8.29. The highest BCUT2D eigenvalue weighted by Gasteiger charge is 2.42. The average Bonchev–Trinajstić information content (AvgIpc) is 2.50. The first-order valence-corrected chi connectivity index (χ1v) is 4.61. The van der Waals surface area contributed by atoms with Crippen molar-refractivity contribution in [3.05, 3.63) is 23.3 Å². The van der Waals surface area contributed by atoms with Crippen LogP contribution in [0.5, 0.6) is 0 Å². The number of hydrogen-bond acceptors (Lipinski definition) is 2. The lowest BCUT2D eigenvalue weighted by molar-refractivity contribution is 0.118. The zero-order chi connectivity index (χ0) is 9.47. The summed E-state index contributed by atoms with van der Waals surface area (Å²) in [6.45, 7) is 7.08. The monoisotopic (exact) mass is 176 g/mol. The minimum absolute atomic E-state index is 0.0838. The van der Waals surface area contributed by atoms with Gasteiger partial charge in [-0.3, -0.25) is 0 Å². The summed E-state index contributed by atoms with van der Waals surface area (Å²) in [5.41, 5.74) is 2.55. The molecule has 0 fully saturated rings. The van der Waals surface area contributed by atoms with Gasteiger partial charge in [0.15, 0.2) is 0 Å². The van der Waals surface area contributed by atoms with Gasteiger partial charge in [-0.05, 0) is 19.8 Å². The fourth-order valence-electron chi connectivity index (χ4n) is 2.13. The Hall–Kier alpha value is -1.05. The lowest BCUT2D eigenvalue weighted by atomic mass is 9.69. The van der Waals surface area contributed by atoms with Gasteiger partial charge >= 0.3 is 0 Å². The highest BCUT2D eigenvalue weighted by atomic mass is 16.6. The third kappa shape index (κ3) is 1.12. The van der Waals surface area contributed by atoms with Crippen molar-refractivity contribution < 1.29 is 4.84 Å². The van der Waals surface area contributed by atoms with Crippen molar-refractivity contribution in [3.8, 4) is 0 Å². The van der Waals surface area contributed by atoms with Crippen LogP contribution in [0.4, 0.5) is 0 Å². The van der Waals surface area contributed by atoms with Gasteiger partial charge in [-0.1, -0.05) is 35.4 Å². The molecule has 0 aromatic heterocycles. The van der Waals surface area contributed by atoms with Gasteiger partial charge in [0.05, 0.1) is 5.41 Å². The normalized spacial score (nSPS) is 37.3. The lowest BCUT2D eigenvalue weighted by Crippen LogP contribution is -2.34. The van der Waals surface area contributed by atoms with Gasteiger partial charge in [0, 0.05) is 0 Å². The van der Waals surface area contributed by atoms with Crippen LogP contribution < -0.4 is 0 Å². The molecule has 1 aliphatic carbocycles. The van der Waals surface area contributed by atoms with E-state index in [9.17, 15) is 0 Å². The number of allylic oxidation sites excluding steroid dienone is 3. The molecular formula is C11H14NO. The third-order valence-corrected chi connectivity index (χ3v) is 3.04. The molecule has 2 rings (SSSR count). The van der Waals surface area contributed by atoms with Crippen molar-refractivity contribution >= 4 is 6.21 Å². The van der Waals surface area contributed by atoms with Crippen LogP contribution in [0.1, 0.15) is 20.8 Å². The summed E-state index contributed by atoms with van der Waals surface area (Å²) < 4.78 is 0. The molecule has 1 aliphatic heterocycles. The SMILES string of the molecule is CC1=CC(C)C2([C]=NOC2)C(C)=C1. The molecule has 0 saturated carbocycles. The fourth-order valence-corrected chi connectivity index (χ4v) is 2.13. The van der Waals surface area contributed by atoms with Crippen LogP contribution in [0.3, 0.4) is 0 Å². The molecule has 1 radical (unpaired) electrons. The van der Waals surface area contributed by atoms with Crippen LogP contribution >= 0.6 is 0 Å². The van der Waals surface area contributed by atoms with Crippen LogP contribution in [-0.4, -0.2) is 12.8 Å². The van der Waals surface area contributed by atoms with E-state index < -0.39 is 0 Å². The van der Waals surface area contributed by atoms with Crippen LogP contribution in [0.25, 0.3) is 0 Å². The highest BCUT2D eigenvalue weighted by Crippen LogP contribution is 2.41. The first kappa shape index (κ1) is 8.54. The van der Waals surface area contributed by atoms with E-state index in [2.05, 4.69) is 44.3 Å². The predicted octanol–water partition coefficient (Wildman–Crippen LogP) is 2.41. The Kier molecular flexibility index (Phi) is 1.79. The maximum Gasteiger partial charge on any atom is 0.132 e. The Morgan fingerprint density at radius 3 is 2.92 bits per heavy atom. The molecule has 2 unspecified atom stereocenters. The standard InChI is InChI=1S/C11H14NO/c1-8-4-9(2)11(10(3)5-8)6-12-13-7-11/h4-5,9H,7H2,1-3H3. The van der Waals surface area contributed by atoms with Gasteiger partial charge in [0.25, 0.3) is 0 Å². The smallest absolute Gasteiger partial charge is 0.132 e. The summed E-state index contributed by atoms with van der Waals surface area (Å²) >= 11 is 0. The van der Waals surface area contributed by atoms with Crippen LogP contribution in [-0.2, 0) is 4.84 Å². The first-order valence-electron chi connectivity index (χ1n) is 4.61. The molecule has 1 spiro atoms. The second-order valence-corrected chi connectivity index (χ2v) is 3.97. The molecule has 13 heavy (non-hydrogen) atoms. The second kappa shape index (κ2) is 2.72. The summed E-state index contributed by atoms with van der Waals surface area (Å²) in [4.78, 5) is 5.06. The minimum Gasteiger partial charge on any atom is -0.394 e. The number of hydrogen-bond donors (Lipinski definition) is 0. The summed E-state index contributed by atoms with van der Waals surface area (Å²) in [5.74, 6) is 0.434. The minimum atomic E-state index is -0.0838. The van der Waals surface area contributed by atoms with Crippen LogP contribution in [0.15, 0.2) is 28.5 Å². The Morgan fingerprint density at radius 1 is 1.62 bits per heavy atom. The van der Waals surface area contributed by atoms with Gasteiger partial charge in [-0.2, -0.15) is 0 Å². The van der Waals surface area contributed by atoms with Crippen molar-refractivity contribution in [1.82, 2.24) is 0 Å². The van der Waals surface area contributed by atoms with E-state index in [1.807, 2.05) is 0 Å². The molecule has 0 N–H and O–H groups in total. The second-order valence-electron chi connectivity index (χ2n) is 3.97. The van der Waals surface area contributed by atoms with Gasteiger partial charge in [-0.25, -0.2) is 0 Å². The summed E-state index contributed by atoms with van der Waals surface area (Å²) in [6.07, 6.45) is 7.53. The molecule has 2 nitrogen and oxygen atoms in total. The van der Waals surface area contributed by atoms with Gasteiger partial charge in [0.1, 0.15) is 12.8 Å². The topological polar surface area (TPSA) is 21.6 Å². The summed E-state index contributed by atoms with van der Waals surface area (Å²) in [7, 11) is 0. The first-order chi connectivity index (χ1) is 6.15. The van der Waals surface area contributed by atoms with Crippen molar-refractivity contribution in [2.45, 2.75) is 20.8 Å². The largest absolute Gasteiger partial charge is 0.394 e. The van der Waals surface area contributed by atoms with E-state index in [0.717, 1.165) is 0 Å². The molecule has 0 saturated heterocycles. The molecule has 0 amide bonds. The van der Waals surface area contributed by atoms with E-state index in [0.29, 0.717) is 12.5 Å². The van der Waals surface area contributed by atoms with Gasteiger partial charge in [-0.15, -0.1) is 0 Å². The van der Waals surface area contributed by atoms with Crippen molar-refractivity contribution in [3.63, 3.8) is 0 Å². The molecule has 1 heterocycles. The molecule has 2 aliphatic rings. The number of nitrogens with zero attached hydrogens (tertiary/aromatic N) is 1. The Balaban J connectivity index is 2.41. The lowest BCUT2D eigenvalue weighted by Gasteiger charge is -2.32. The van der Waals surface area contributed by atoms with Crippen LogP contribution in [0, 0.1) is 11.3 Å². The Labute approximate surface area is 79.0 Å². The van der Waals surface area contributed by atoms with E-state index in [1.165, 1.54) is 11.1 Å². The summed E-state index contributed by atoms with van der Waals surface area (Å²) in [5, 5.41) is 3.77. The highest BCUT2D eigenvalue weighted by molar-refractivity contribution is 5.73. The molecule has 69 valence electrons. The third-order valence-electron chi connectivity index (χ3n) is 3.04. The number of rotatable bonds is 0. The van der Waals surface area contributed by atoms with Crippen molar-refractivity contribution in [1.29, 1.82) is 0 Å². The van der Waals surface area contributed by atoms with E-state index in [4.69, 9.17) is 4.84 Å². The van der Waals surface area contributed by atoms with E-state index >= 15 is 0 Å². The average molecular weight is 176 g/mol. The van der Waals surface area contributed by atoms with Gasteiger partial charge < -0.3 is 4.84 Å². The van der Waals surface area contributed by atoms with E-state index in [-0.39, 0.29) is 5.41 Å². The molecule has 0 bridgehead atoms. The zero-order valence-corrected chi connectivity index (χ0v) is 8.29. The maximum absolute atomic E-state index is 5.06. The Morgan fingerprint density at radius 2 is 2.38 bits per heavy atom. The van der Waals surface area contributed by atoms with Gasteiger partial charge in [0.2, 0.25) is 0 Å². The molecule has 2 atom stereocenters. The fraction of sp³-hybridized carbons (Fsp3) is 0.545. The molecular weight excluding hydrogens is 162 g/mol. The van der Waals surface area contributed by atoms with E-state index in [1.54, 1.807) is 0 Å². The van der Waals surface area contributed by atoms with Crippen molar-refractivity contribution in [2.75, 3.05) is 6.61 Å². The maximum atomic E-state index is 5.06. The van der Waals surface area contributed by atoms with Crippen LogP contribution in [0.2, 0.25) is 0 Å². The van der Waals surface area contributed by atoms with Crippen molar-refractivity contribution in [2.24, 2.45) is 16.5 Å². The summed E-state index contributed by atoms with van der Waals surface area (Å²) in [6, 6.07) is 0. The quantitative estimate of drug-likeness (QED) is 0.555. The molecule has 0 aromatic rings. The molecule has 0 aromatic carbocycles.